The third kappa shape index (κ3) is 5.06. The number of hydrogen-bond acceptors (Lipinski definition) is 4. The van der Waals surface area contributed by atoms with Crippen LogP contribution < -0.4 is 10.1 Å². The molecule has 0 saturated heterocycles. The third-order valence-electron chi connectivity index (χ3n) is 3.93. The molecule has 0 unspecified atom stereocenters. The topological polar surface area (TPSA) is 64.6 Å². The quantitative estimate of drug-likeness (QED) is 0.820. The summed E-state index contributed by atoms with van der Waals surface area (Å²) in [5.41, 5.74) is 0.568. The lowest BCUT2D eigenvalue weighted by molar-refractivity contribution is -0.148. The van der Waals surface area contributed by atoms with Gasteiger partial charge in [0.15, 0.2) is 6.61 Å². The lowest BCUT2D eigenvalue weighted by Crippen LogP contribution is -2.22. The highest BCUT2D eigenvalue weighted by Crippen LogP contribution is 2.26. The van der Waals surface area contributed by atoms with Gasteiger partial charge in [0.25, 0.3) is 5.91 Å². The van der Waals surface area contributed by atoms with Gasteiger partial charge < -0.3 is 14.8 Å². The van der Waals surface area contributed by atoms with Crippen LogP contribution in [0.3, 0.4) is 0 Å². The molecule has 2 rings (SSSR count). The van der Waals surface area contributed by atoms with Crippen LogP contribution in [0, 0.1) is 5.92 Å². The molecule has 5 nitrogen and oxygen atoms in total. The maximum absolute atomic E-state index is 11.8. The van der Waals surface area contributed by atoms with Crippen molar-refractivity contribution < 1.29 is 19.1 Å². The molecule has 1 aliphatic rings. The van der Waals surface area contributed by atoms with Gasteiger partial charge in [-0.25, -0.2) is 0 Å². The predicted molar refractivity (Wildman–Crippen MR) is 83.8 cm³/mol. The first kappa shape index (κ1) is 16.3. The van der Waals surface area contributed by atoms with Crippen molar-refractivity contribution in [2.75, 3.05) is 19.0 Å². The molecule has 0 spiro atoms. The maximum Gasteiger partial charge on any atom is 0.306 e. The molecule has 1 fully saturated rings. The minimum Gasteiger partial charge on any atom is -0.495 e. The predicted octanol–water partition coefficient (Wildman–Crippen LogP) is 3.15. The van der Waals surface area contributed by atoms with Crippen LogP contribution in [0.1, 0.15) is 38.5 Å². The van der Waals surface area contributed by atoms with Gasteiger partial charge in [0.05, 0.1) is 12.8 Å². The minimum atomic E-state index is -0.360. The van der Waals surface area contributed by atoms with E-state index < -0.39 is 0 Å². The number of esters is 1. The Morgan fingerprint density at radius 1 is 1.18 bits per heavy atom. The maximum atomic E-state index is 11.8. The van der Waals surface area contributed by atoms with Gasteiger partial charge in [0, 0.05) is 6.42 Å². The molecule has 0 atom stereocenters. The molecule has 0 aliphatic heterocycles. The summed E-state index contributed by atoms with van der Waals surface area (Å²) in [6.07, 6.45) is 6.22. The number of nitrogens with one attached hydrogen (secondary N) is 1. The van der Waals surface area contributed by atoms with E-state index in [9.17, 15) is 9.59 Å². The third-order valence-corrected chi connectivity index (χ3v) is 3.93. The molecular weight excluding hydrogens is 282 g/mol. The van der Waals surface area contributed by atoms with Crippen LogP contribution in [-0.2, 0) is 14.3 Å². The number of hydrogen-bond donors (Lipinski definition) is 1. The molecule has 22 heavy (non-hydrogen) atoms. The van der Waals surface area contributed by atoms with Gasteiger partial charge in [0.1, 0.15) is 5.75 Å². The largest absolute Gasteiger partial charge is 0.495 e. The van der Waals surface area contributed by atoms with Crippen LogP contribution in [0.4, 0.5) is 5.69 Å². The Labute approximate surface area is 131 Å². The number of anilines is 1. The summed E-state index contributed by atoms with van der Waals surface area (Å²) in [5, 5.41) is 2.68. The van der Waals surface area contributed by atoms with E-state index in [-0.39, 0.29) is 18.5 Å². The number of benzene rings is 1. The van der Waals surface area contributed by atoms with Crippen molar-refractivity contribution >= 4 is 17.6 Å². The van der Waals surface area contributed by atoms with E-state index in [0.717, 1.165) is 12.8 Å². The fourth-order valence-corrected chi connectivity index (χ4v) is 2.77. The van der Waals surface area contributed by atoms with Gasteiger partial charge in [-0.3, -0.25) is 9.59 Å². The molecule has 0 aromatic heterocycles. The van der Waals surface area contributed by atoms with Crippen LogP contribution in [0.2, 0.25) is 0 Å². The van der Waals surface area contributed by atoms with E-state index in [0.29, 0.717) is 23.8 Å². The van der Waals surface area contributed by atoms with Crippen LogP contribution in [-0.4, -0.2) is 25.6 Å². The smallest absolute Gasteiger partial charge is 0.306 e. The van der Waals surface area contributed by atoms with E-state index in [1.807, 2.05) is 6.07 Å². The highest BCUT2D eigenvalue weighted by Gasteiger charge is 2.18. The number of carbonyl (C=O) groups excluding carboxylic acids is 2. The van der Waals surface area contributed by atoms with E-state index in [4.69, 9.17) is 9.47 Å². The first-order chi connectivity index (χ1) is 10.7. The number of para-hydroxylation sites is 2. The van der Waals surface area contributed by atoms with Crippen molar-refractivity contribution in [2.45, 2.75) is 38.5 Å². The van der Waals surface area contributed by atoms with Gasteiger partial charge in [0.2, 0.25) is 0 Å². The van der Waals surface area contributed by atoms with Crippen molar-refractivity contribution in [1.82, 2.24) is 0 Å². The number of ether oxygens (including phenoxy) is 2. The molecular formula is C17H23NO4. The summed E-state index contributed by atoms with van der Waals surface area (Å²) < 4.78 is 10.2. The molecule has 1 saturated carbocycles. The normalized spacial score (nSPS) is 15.1. The van der Waals surface area contributed by atoms with E-state index in [1.54, 1.807) is 18.2 Å². The molecule has 0 radical (unpaired) electrons. The SMILES string of the molecule is COc1ccccc1NC(=O)COC(=O)CC1CCCCC1. The second kappa shape index (κ2) is 8.41. The molecule has 1 amide bonds. The summed E-state index contributed by atoms with van der Waals surface area (Å²) in [7, 11) is 1.54. The molecule has 1 N–H and O–H groups in total. The van der Waals surface area contributed by atoms with E-state index in [1.165, 1.54) is 26.4 Å². The van der Waals surface area contributed by atoms with Gasteiger partial charge >= 0.3 is 5.97 Å². The first-order valence-corrected chi connectivity index (χ1v) is 7.77. The summed E-state index contributed by atoms with van der Waals surface area (Å²) in [5.74, 6) is 0.339. The Morgan fingerprint density at radius 3 is 2.64 bits per heavy atom. The Hall–Kier alpha value is -2.04. The van der Waals surface area contributed by atoms with Gasteiger partial charge in [-0.05, 0) is 30.9 Å². The zero-order chi connectivity index (χ0) is 15.8. The van der Waals surface area contributed by atoms with Crippen LogP contribution in [0.15, 0.2) is 24.3 Å². The second-order valence-electron chi connectivity index (χ2n) is 5.62. The zero-order valence-corrected chi connectivity index (χ0v) is 13.0. The molecule has 0 bridgehead atoms. The number of carbonyl (C=O) groups is 2. The summed E-state index contributed by atoms with van der Waals surface area (Å²) >= 11 is 0. The van der Waals surface area contributed by atoms with Crippen LogP contribution in [0.5, 0.6) is 5.75 Å². The number of amides is 1. The molecule has 1 aromatic rings. The average molecular weight is 305 g/mol. The standard InChI is InChI=1S/C17H23NO4/c1-21-15-10-6-5-9-14(15)18-16(19)12-22-17(20)11-13-7-3-2-4-8-13/h5-6,9-10,13H,2-4,7-8,11-12H2,1H3,(H,18,19). The molecule has 5 heteroatoms. The molecule has 1 aromatic carbocycles. The highest BCUT2D eigenvalue weighted by molar-refractivity contribution is 5.94. The Morgan fingerprint density at radius 2 is 1.91 bits per heavy atom. The van der Waals surface area contributed by atoms with Crippen LogP contribution in [0.25, 0.3) is 0 Å². The monoisotopic (exact) mass is 305 g/mol. The van der Waals surface area contributed by atoms with Crippen molar-refractivity contribution in [2.24, 2.45) is 5.92 Å². The van der Waals surface area contributed by atoms with Gasteiger partial charge in [-0.2, -0.15) is 0 Å². The average Bonchev–Trinajstić information content (AvgIpc) is 2.54. The van der Waals surface area contributed by atoms with Gasteiger partial charge in [-0.1, -0.05) is 31.4 Å². The fourth-order valence-electron chi connectivity index (χ4n) is 2.77. The lowest BCUT2D eigenvalue weighted by Gasteiger charge is -2.20. The summed E-state index contributed by atoms with van der Waals surface area (Å²) in [4.78, 5) is 23.6. The second-order valence-corrected chi connectivity index (χ2v) is 5.62. The lowest BCUT2D eigenvalue weighted by atomic mass is 9.87. The minimum absolute atomic E-state index is 0.260. The number of methoxy groups -OCH3 is 1. The van der Waals surface area contributed by atoms with Crippen molar-refractivity contribution in [1.29, 1.82) is 0 Å². The fraction of sp³-hybridized carbons (Fsp3) is 0.529. The van der Waals surface area contributed by atoms with Crippen LogP contribution >= 0.6 is 0 Å². The molecule has 0 heterocycles. The Balaban J connectivity index is 1.73. The molecule has 1 aliphatic carbocycles. The highest BCUT2D eigenvalue weighted by atomic mass is 16.5. The van der Waals surface area contributed by atoms with E-state index >= 15 is 0 Å². The molecule has 120 valence electrons. The summed E-state index contributed by atoms with van der Waals surface area (Å²) in [6.45, 7) is -0.260. The van der Waals surface area contributed by atoms with E-state index in [2.05, 4.69) is 5.32 Å². The number of rotatable bonds is 6. The van der Waals surface area contributed by atoms with Gasteiger partial charge in [-0.15, -0.1) is 0 Å². The Bertz CT molecular complexity index is 509. The van der Waals surface area contributed by atoms with Crippen molar-refractivity contribution in [3.63, 3.8) is 0 Å². The zero-order valence-electron chi connectivity index (χ0n) is 13.0. The van der Waals surface area contributed by atoms with Crippen molar-refractivity contribution in [3.8, 4) is 5.75 Å². The Kier molecular flexibility index (Phi) is 6.25. The summed E-state index contributed by atoms with van der Waals surface area (Å²) in [6, 6.07) is 7.11. The first-order valence-electron chi connectivity index (χ1n) is 7.77. The van der Waals surface area contributed by atoms with Crippen molar-refractivity contribution in [3.05, 3.63) is 24.3 Å².